The van der Waals surface area contributed by atoms with Gasteiger partial charge in [0.05, 0.1) is 27.7 Å². The van der Waals surface area contributed by atoms with E-state index >= 15 is 0 Å². The molecule has 2 heterocycles. The van der Waals surface area contributed by atoms with Gasteiger partial charge in [-0.3, -0.25) is 0 Å². The molecule has 0 aliphatic carbocycles. The van der Waals surface area contributed by atoms with E-state index in [1.807, 2.05) is 20.8 Å². The molecule has 12 heteroatoms. The zero-order valence-corrected chi connectivity index (χ0v) is 21.4. The lowest BCUT2D eigenvalue weighted by atomic mass is 9.96. The summed E-state index contributed by atoms with van der Waals surface area (Å²) in [5.74, 6) is 0.132. The van der Waals surface area contributed by atoms with E-state index in [-0.39, 0.29) is 21.9 Å². The fraction of sp³-hybridized carbons (Fsp3) is 0.200. The molecule has 192 valence electrons. The quantitative estimate of drug-likeness (QED) is 0.298. The molecule has 0 atom stereocenters. The number of nitrogens with zero attached hydrogens (tertiary/aromatic N) is 3. The Kier molecular flexibility index (Phi) is 6.70. The number of nitrogen functional groups attached to an aromatic ring is 1. The molecule has 0 aliphatic rings. The Bertz CT molecular complexity index is 1580. The van der Waals surface area contributed by atoms with Crippen LogP contribution in [0, 0.1) is 5.82 Å². The highest BCUT2D eigenvalue weighted by Gasteiger charge is 2.24. The van der Waals surface area contributed by atoms with Crippen molar-refractivity contribution < 1.29 is 17.6 Å². The number of amides is 2. The Morgan fingerprint density at radius 2 is 1.73 bits per heavy atom. The summed E-state index contributed by atoms with van der Waals surface area (Å²) >= 11 is 0. The molecule has 5 N–H and O–H groups in total. The van der Waals surface area contributed by atoms with Crippen molar-refractivity contribution in [3.8, 4) is 22.6 Å². The number of imidazole rings is 1. The van der Waals surface area contributed by atoms with Gasteiger partial charge in [-0.1, -0.05) is 20.8 Å². The second kappa shape index (κ2) is 9.62. The molecule has 0 saturated carbocycles. The molecule has 0 aliphatic heterocycles. The SMILES string of the molecule is CC(C)(C)c1nc(-c2ccc(F)c(NC(=O)Nc3ccc(S(C)(=O)=O)cc3)c2)c(-c2ccnc(N)n2)[nH]1. The fourth-order valence-corrected chi connectivity index (χ4v) is 4.10. The Hall–Kier alpha value is -4.32. The highest BCUT2D eigenvalue weighted by molar-refractivity contribution is 7.90. The first-order chi connectivity index (χ1) is 17.3. The molecule has 2 amide bonds. The molecule has 0 fully saturated rings. The van der Waals surface area contributed by atoms with Crippen LogP contribution in [-0.2, 0) is 15.3 Å². The average molecular weight is 524 g/mol. The van der Waals surface area contributed by atoms with Gasteiger partial charge in [0.1, 0.15) is 11.6 Å². The van der Waals surface area contributed by atoms with Crippen LogP contribution in [0.3, 0.4) is 0 Å². The number of nitrogens with two attached hydrogens (primary N) is 1. The van der Waals surface area contributed by atoms with Gasteiger partial charge in [0.25, 0.3) is 0 Å². The maximum absolute atomic E-state index is 14.7. The number of hydrogen-bond acceptors (Lipinski definition) is 7. The Morgan fingerprint density at radius 1 is 1.03 bits per heavy atom. The van der Waals surface area contributed by atoms with Crippen LogP contribution in [0.4, 0.5) is 26.5 Å². The van der Waals surface area contributed by atoms with Gasteiger partial charge in [-0.25, -0.2) is 32.6 Å². The number of aromatic nitrogens is 4. The smallest absolute Gasteiger partial charge is 0.323 e. The fourth-order valence-electron chi connectivity index (χ4n) is 3.47. The van der Waals surface area contributed by atoms with Gasteiger partial charge >= 0.3 is 6.03 Å². The van der Waals surface area contributed by atoms with Crippen molar-refractivity contribution in [3.63, 3.8) is 0 Å². The first-order valence-corrected chi connectivity index (χ1v) is 13.1. The molecular formula is C25H26FN7O3S. The standard InChI is InChI=1S/C25H26FN7O3S/c1-25(2,3)22-32-20(21(33-22)18-11-12-28-23(27)30-18)14-5-10-17(26)19(13-14)31-24(34)29-15-6-8-16(9-7-15)37(4,35)36/h5-13H,1-4H3,(H,32,33)(H2,27,28,30)(H2,29,31,34). The number of sulfone groups is 1. The molecular weight excluding hydrogens is 497 g/mol. The minimum absolute atomic E-state index is 0.0729. The number of urea groups is 1. The van der Waals surface area contributed by atoms with Crippen molar-refractivity contribution in [2.24, 2.45) is 0 Å². The molecule has 4 rings (SSSR count). The van der Waals surface area contributed by atoms with Crippen LogP contribution >= 0.6 is 0 Å². The zero-order chi connectivity index (χ0) is 27.0. The summed E-state index contributed by atoms with van der Waals surface area (Å²) in [6.07, 6.45) is 2.62. The summed E-state index contributed by atoms with van der Waals surface area (Å²) in [5.41, 5.74) is 7.85. The van der Waals surface area contributed by atoms with E-state index in [2.05, 4.69) is 25.6 Å². The predicted octanol–water partition coefficient (Wildman–Crippen LogP) is 4.60. The number of anilines is 3. The number of halogens is 1. The van der Waals surface area contributed by atoms with Gasteiger partial charge in [-0.05, 0) is 48.5 Å². The molecule has 0 radical (unpaired) electrons. The van der Waals surface area contributed by atoms with Crippen LogP contribution in [0.5, 0.6) is 0 Å². The van der Waals surface area contributed by atoms with E-state index in [0.29, 0.717) is 34.2 Å². The molecule has 0 unspecified atom stereocenters. The van der Waals surface area contributed by atoms with Crippen molar-refractivity contribution in [1.29, 1.82) is 0 Å². The first kappa shape index (κ1) is 25.8. The average Bonchev–Trinajstić information content (AvgIpc) is 3.26. The zero-order valence-electron chi connectivity index (χ0n) is 20.6. The van der Waals surface area contributed by atoms with Crippen molar-refractivity contribution in [2.75, 3.05) is 22.6 Å². The van der Waals surface area contributed by atoms with Gasteiger partial charge in [0.2, 0.25) is 5.95 Å². The number of H-pyrrole nitrogens is 1. The number of carbonyl (C=O) groups excluding carboxylic acids is 1. The summed E-state index contributed by atoms with van der Waals surface area (Å²) in [7, 11) is -3.37. The third kappa shape index (κ3) is 5.92. The molecule has 37 heavy (non-hydrogen) atoms. The van der Waals surface area contributed by atoms with E-state index in [4.69, 9.17) is 10.7 Å². The number of benzene rings is 2. The molecule has 0 saturated heterocycles. The summed E-state index contributed by atoms with van der Waals surface area (Å²) < 4.78 is 37.9. The van der Waals surface area contributed by atoms with Crippen molar-refractivity contribution in [2.45, 2.75) is 31.1 Å². The molecule has 0 spiro atoms. The lowest BCUT2D eigenvalue weighted by Crippen LogP contribution is -2.20. The third-order valence-corrected chi connectivity index (χ3v) is 6.50. The van der Waals surface area contributed by atoms with Crippen LogP contribution < -0.4 is 16.4 Å². The lowest BCUT2D eigenvalue weighted by Gasteiger charge is -2.14. The van der Waals surface area contributed by atoms with Crippen LogP contribution in [-0.4, -0.2) is 40.6 Å². The van der Waals surface area contributed by atoms with E-state index in [1.54, 1.807) is 12.1 Å². The van der Waals surface area contributed by atoms with Gasteiger partial charge in [0.15, 0.2) is 9.84 Å². The second-order valence-electron chi connectivity index (χ2n) is 9.43. The predicted molar refractivity (Wildman–Crippen MR) is 140 cm³/mol. The summed E-state index contributed by atoms with van der Waals surface area (Å²) in [6.45, 7) is 5.99. The maximum atomic E-state index is 14.7. The lowest BCUT2D eigenvalue weighted by molar-refractivity contribution is 0.262. The van der Waals surface area contributed by atoms with E-state index < -0.39 is 21.7 Å². The van der Waals surface area contributed by atoms with Gasteiger partial charge < -0.3 is 21.4 Å². The topological polar surface area (TPSA) is 156 Å². The molecule has 4 aromatic rings. The van der Waals surface area contributed by atoms with Crippen LogP contribution in [0.25, 0.3) is 22.6 Å². The van der Waals surface area contributed by atoms with Gasteiger partial charge in [-0.2, -0.15) is 0 Å². The Balaban J connectivity index is 1.65. The molecule has 2 aromatic carbocycles. The first-order valence-electron chi connectivity index (χ1n) is 11.2. The van der Waals surface area contributed by atoms with Gasteiger partial charge in [0, 0.05) is 29.1 Å². The minimum atomic E-state index is -3.37. The van der Waals surface area contributed by atoms with E-state index in [9.17, 15) is 17.6 Å². The normalized spacial score (nSPS) is 11.8. The number of rotatable bonds is 5. The van der Waals surface area contributed by atoms with Crippen LogP contribution in [0.2, 0.25) is 0 Å². The Morgan fingerprint density at radius 3 is 2.35 bits per heavy atom. The van der Waals surface area contributed by atoms with Gasteiger partial charge in [-0.15, -0.1) is 0 Å². The summed E-state index contributed by atoms with van der Waals surface area (Å²) in [5, 5.41) is 5.05. The highest BCUT2D eigenvalue weighted by atomic mass is 32.2. The molecule has 10 nitrogen and oxygen atoms in total. The highest BCUT2D eigenvalue weighted by Crippen LogP contribution is 2.34. The molecule has 0 bridgehead atoms. The third-order valence-electron chi connectivity index (χ3n) is 5.37. The second-order valence-corrected chi connectivity index (χ2v) is 11.4. The van der Waals surface area contributed by atoms with Crippen molar-refractivity contribution in [1.82, 2.24) is 19.9 Å². The van der Waals surface area contributed by atoms with Crippen LogP contribution in [0.1, 0.15) is 26.6 Å². The summed E-state index contributed by atoms with van der Waals surface area (Å²) in [4.78, 5) is 28.9. The minimum Gasteiger partial charge on any atom is -0.368 e. The largest absolute Gasteiger partial charge is 0.368 e. The van der Waals surface area contributed by atoms with Crippen molar-refractivity contribution in [3.05, 3.63) is 66.4 Å². The van der Waals surface area contributed by atoms with E-state index in [0.717, 1.165) is 6.26 Å². The van der Waals surface area contributed by atoms with Crippen molar-refractivity contribution >= 4 is 33.2 Å². The van der Waals surface area contributed by atoms with Crippen LogP contribution in [0.15, 0.2) is 59.6 Å². The Labute approximate surface area is 213 Å². The van der Waals surface area contributed by atoms with E-state index in [1.165, 1.54) is 42.6 Å². The maximum Gasteiger partial charge on any atom is 0.323 e. The number of nitrogens with one attached hydrogen (secondary N) is 3. The monoisotopic (exact) mass is 523 g/mol. The molecule has 2 aromatic heterocycles. The number of hydrogen-bond donors (Lipinski definition) is 4. The number of carbonyl (C=O) groups is 1. The summed E-state index contributed by atoms with van der Waals surface area (Å²) in [6, 6.07) is 10.9. The number of aromatic amines is 1.